The van der Waals surface area contributed by atoms with Gasteiger partial charge in [0.2, 0.25) is 0 Å². The molecular weight excluding hydrogens is 215 g/mol. The number of hydrogen-bond donors (Lipinski definition) is 1. The monoisotopic (exact) mass is 236 g/mol. The van der Waals surface area contributed by atoms with Gasteiger partial charge in [-0.3, -0.25) is 0 Å². The van der Waals surface area contributed by atoms with E-state index in [1.165, 1.54) is 12.5 Å². The topological polar surface area (TPSA) is 29.3 Å². The van der Waals surface area contributed by atoms with Crippen molar-refractivity contribution in [1.82, 2.24) is 0 Å². The summed E-state index contributed by atoms with van der Waals surface area (Å²) in [6.45, 7) is 3.83. The summed E-state index contributed by atoms with van der Waals surface area (Å²) >= 11 is 0. The second-order valence-electron chi connectivity index (χ2n) is 4.93. The van der Waals surface area contributed by atoms with Gasteiger partial charge in [0.25, 0.3) is 0 Å². The molecule has 0 amide bonds. The number of benzene rings is 1. The number of rotatable bonds is 4. The molecule has 2 unspecified atom stereocenters. The molecule has 94 valence electrons. The third-order valence-corrected chi connectivity index (χ3v) is 3.64. The first-order valence-electron chi connectivity index (χ1n) is 6.45. The first-order chi connectivity index (χ1) is 8.20. The van der Waals surface area contributed by atoms with E-state index in [2.05, 4.69) is 11.8 Å². The van der Waals surface area contributed by atoms with E-state index in [0.29, 0.717) is 12.0 Å². The normalized spacial score (nSPS) is 23.9. The maximum Gasteiger partial charge on any atom is 0.146 e. The van der Waals surface area contributed by atoms with Gasteiger partial charge in [-0.05, 0) is 44.2 Å². The third-order valence-electron chi connectivity index (χ3n) is 3.64. The molecule has 0 bridgehead atoms. The molecule has 2 nitrogen and oxygen atoms in total. The lowest BCUT2D eigenvalue weighted by Gasteiger charge is -2.26. The summed E-state index contributed by atoms with van der Waals surface area (Å²) < 4.78 is 13.7. The number of anilines is 1. The molecule has 3 heteroatoms. The summed E-state index contributed by atoms with van der Waals surface area (Å²) in [5.41, 5.74) is 6.64. The average molecular weight is 236 g/mol. The van der Waals surface area contributed by atoms with Crippen LogP contribution in [0, 0.1) is 11.7 Å². The summed E-state index contributed by atoms with van der Waals surface area (Å²) in [4.78, 5) is 2.12. The van der Waals surface area contributed by atoms with Crippen molar-refractivity contribution in [3.8, 4) is 0 Å². The molecule has 2 atom stereocenters. The van der Waals surface area contributed by atoms with Crippen LogP contribution in [-0.4, -0.2) is 19.1 Å². The highest BCUT2D eigenvalue weighted by Crippen LogP contribution is 2.27. The molecule has 2 N–H and O–H groups in total. The van der Waals surface area contributed by atoms with Crippen LogP contribution in [0.1, 0.15) is 26.2 Å². The van der Waals surface area contributed by atoms with E-state index < -0.39 is 0 Å². The highest BCUT2D eigenvalue weighted by Gasteiger charge is 2.24. The van der Waals surface area contributed by atoms with Crippen LogP contribution in [0.5, 0.6) is 0 Å². The van der Waals surface area contributed by atoms with Crippen LogP contribution in [0.25, 0.3) is 0 Å². The van der Waals surface area contributed by atoms with Gasteiger partial charge in [0.05, 0.1) is 5.69 Å². The molecule has 1 aromatic rings. The van der Waals surface area contributed by atoms with E-state index in [-0.39, 0.29) is 5.82 Å². The molecule has 0 spiro atoms. The smallest absolute Gasteiger partial charge is 0.146 e. The number of nitrogens with zero attached hydrogens (tertiary/aromatic N) is 1. The van der Waals surface area contributed by atoms with E-state index in [1.807, 2.05) is 12.1 Å². The fourth-order valence-corrected chi connectivity index (χ4v) is 2.70. The van der Waals surface area contributed by atoms with Crippen LogP contribution in [0.2, 0.25) is 0 Å². The number of para-hydroxylation sites is 1. The van der Waals surface area contributed by atoms with E-state index in [0.717, 1.165) is 31.6 Å². The van der Waals surface area contributed by atoms with E-state index in [4.69, 9.17) is 5.73 Å². The predicted molar refractivity (Wildman–Crippen MR) is 69.6 cm³/mol. The SMILES string of the molecule is CCN(CC1CCC(N)C1)c1ccccc1F. The Labute approximate surface area is 103 Å². The van der Waals surface area contributed by atoms with Gasteiger partial charge < -0.3 is 10.6 Å². The maximum absolute atomic E-state index is 13.7. The Balaban J connectivity index is 2.04. The molecule has 0 heterocycles. The number of nitrogens with two attached hydrogens (primary N) is 1. The number of hydrogen-bond acceptors (Lipinski definition) is 2. The largest absolute Gasteiger partial charge is 0.369 e. The zero-order chi connectivity index (χ0) is 12.3. The fraction of sp³-hybridized carbons (Fsp3) is 0.571. The van der Waals surface area contributed by atoms with Gasteiger partial charge in [0, 0.05) is 19.1 Å². The minimum Gasteiger partial charge on any atom is -0.369 e. The lowest BCUT2D eigenvalue weighted by molar-refractivity contribution is 0.519. The van der Waals surface area contributed by atoms with Crippen molar-refractivity contribution in [3.63, 3.8) is 0 Å². The van der Waals surface area contributed by atoms with Crippen LogP contribution in [0.15, 0.2) is 24.3 Å². The quantitative estimate of drug-likeness (QED) is 0.871. The van der Waals surface area contributed by atoms with Crippen molar-refractivity contribution in [1.29, 1.82) is 0 Å². The van der Waals surface area contributed by atoms with Gasteiger partial charge in [0.1, 0.15) is 5.82 Å². The molecule has 0 aromatic heterocycles. The molecule has 1 aliphatic rings. The molecule has 0 radical (unpaired) electrons. The van der Waals surface area contributed by atoms with Crippen molar-refractivity contribution in [3.05, 3.63) is 30.1 Å². The summed E-state index contributed by atoms with van der Waals surface area (Å²) in [6.07, 6.45) is 3.36. The minimum absolute atomic E-state index is 0.128. The standard InChI is InChI=1S/C14H21FN2/c1-2-17(10-11-7-8-12(16)9-11)14-6-4-3-5-13(14)15/h3-6,11-12H,2,7-10,16H2,1H3. The molecule has 0 aliphatic heterocycles. The van der Waals surface area contributed by atoms with Crippen molar-refractivity contribution >= 4 is 5.69 Å². The van der Waals surface area contributed by atoms with E-state index >= 15 is 0 Å². The highest BCUT2D eigenvalue weighted by molar-refractivity contribution is 5.47. The van der Waals surface area contributed by atoms with Crippen molar-refractivity contribution in [2.24, 2.45) is 11.7 Å². The Morgan fingerprint density at radius 2 is 2.12 bits per heavy atom. The van der Waals surface area contributed by atoms with Crippen LogP contribution < -0.4 is 10.6 Å². The zero-order valence-corrected chi connectivity index (χ0v) is 10.4. The molecule has 1 aromatic carbocycles. The van der Waals surface area contributed by atoms with Gasteiger partial charge in [-0.1, -0.05) is 12.1 Å². The number of halogens is 1. The van der Waals surface area contributed by atoms with Crippen molar-refractivity contribution in [2.75, 3.05) is 18.0 Å². The highest BCUT2D eigenvalue weighted by atomic mass is 19.1. The average Bonchev–Trinajstić information content (AvgIpc) is 2.73. The fourth-order valence-electron chi connectivity index (χ4n) is 2.70. The van der Waals surface area contributed by atoms with Gasteiger partial charge in [-0.25, -0.2) is 4.39 Å². The zero-order valence-electron chi connectivity index (χ0n) is 10.4. The molecule has 17 heavy (non-hydrogen) atoms. The van der Waals surface area contributed by atoms with E-state index in [1.54, 1.807) is 6.07 Å². The van der Waals surface area contributed by atoms with Gasteiger partial charge in [-0.2, -0.15) is 0 Å². The van der Waals surface area contributed by atoms with Crippen molar-refractivity contribution < 1.29 is 4.39 Å². The Hall–Kier alpha value is -1.09. The third kappa shape index (κ3) is 2.97. The Kier molecular flexibility index (Phi) is 4.00. The minimum atomic E-state index is -0.128. The summed E-state index contributed by atoms with van der Waals surface area (Å²) in [7, 11) is 0. The molecule has 1 fully saturated rings. The van der Waals surface area contributed by atoms with Crippen molar-refractivity contribution in [2.45, 2.75) is 32.2 Å². The maximum atomic E-state index is 13.7. The van der Waals surface area contributed by atoms with Gasteiger partial charge >= 0.3 is 0 Å². The molecule has 1 aliphatic carbocycles. The van der Waals surface area contributed by atoms with Crippen LogP contribution in [0.4, 0.5) is 10.1 Å². The second kappa shape index (κ2) is 5.50. The first kappa shape index (κ1) is 12.4. The molecule has 0 saturated heterocycles. The van der Waals surface area contributed by atoms with E-state index in [9.17, 15) is 4.39 Å². The Morgan fingerprint density at radius 1 is 1.35 bits per heavy atom. The summed E-state index contributed by atoms with van der Waals surface area (Å²) in [5, 5.41) is 0. The molecule has 1 saturated carbocycles. The van der Waals surface area contributed by atoms with Crippen LogP contribution in [-0.2, 0) is 0 Å². The lowest BCUT2D eigenvalue weighted by Crippen LogP contribution is -2.29. The van der Waals surface area contributed by atoms with Gasteiger partial charge in [0.15, 0.2) is 0 Å². The van der Waals surface area contributed by atoms with Gasteiger partial charge in [-0.15, -0.1) is 0 Å². The summed E-state index contributed by atoms with van der Waals surface area (Å²) in [6, 6.07) is 7.35. The first-order valence-corrected chi connectivity index (χ1v) is 6.45. The molecule has 2 rings (SSSR count). The Morgan fingerprint density at radius 3 is 2.71 bits per heavy atom. The predicted octanol–water partition coefficient (Wildman–Crippen LogP) is 2.78. The lowest BCUT2D eigenvalue weighted by atomic mass is 10.1. The Bertz CT molecular complexity index is 367. The van der Waals surface area contributed by atoms with Crippen LogP contribution >= 0.6 is 0 Å². The summed E-state index contributed by atoms with van der Waals surface area (Å²) in [5.74, 6) is 0.487. The molecular formula is C14H21FN2. The second-order valence-corrected chi connectivity index (χ2v) is 4.93. The van der Waals surface area contributed by atoms with Crippen LogP contribution in [0.3, 0.4) is 0 Å².